The fourth-order valence-corrected chi connectivity index (χ4v) is 3.74. The van der Waals surface area contributed by atoms with E-state index in [-0.39, 0.29) is 30.1 Å². The average molecular weight is 422 g/mol. The van der Waals surface area contributed by atoms with Gasteiger partial charge in [0.25, 0.3) is 0 Å². The summed E-state index contributed by atoms with van der Waals surface area (Å²) in [5.74, 6) is -0.463. The Morgan fingerprint density at radius 2 is 2.00 bits per heavy atom. The van der Waals surface area contributed by atoms with Crippen molar-refractivity contribution < 1.29 is 14.4 Å². The van der Waals surface area contributed by atoms with Gasteiger partial charge in [0, 0.05) is 49.2 Å². The topological polar surface area (TPSA) is 69.7 Å². The molecule has 140 valence electrons. The van der Waals surface area contributed by atoms with Gasteiger partial charge in [-0.1, -0.05) is 15.9 Å². The summed E-state index contributed by atoms with van der Waals surface area (Å²) in [5.41, 5.74) is 1.86. The lowest BCUT2D eigenvalue weighted by atomic mass is 10.1. The van der Waals surface area contributed by atoms with Crippen LogP contribution in [0.2, 0.25) is 0 Å². The largest absolute Gasteiger partial charge is 0.355 e. The van der Waals surface area contributed by atoms with Gasteiger partial charge in [-0.3, -0.25) is 14.4 Å². The molecule has 1 aromatic carbocycles. The number of carbonyl (C=O) groups is 3. The van der Waals surface area contributed by atoms with Crippen LogP contribution in [0.3, 0.4) is 0 Å². The zero-order valence-electron chi connectivity index (χ0n) is 15.0. The van der Waals surface area contributed by atoms with Crippen LogP contribution in [-0.2, 0) is 14.4 Å². The molecule has 2 saturated heterocycles. The monoisotopic (exact) mass is 421 g/mol. The molecule has 2 fully saturated rings. The predicted octanol–water partition coefficient (Wildman–Crippen LogP) is 2.24. The van der Waals surface area contributed by atoms with E-state index in [2.05, 4.69) is 21.2 Å². The third kappa shape index (κ3) is 4.26. The van der Waals surface area contributed by atoms with Gasteiger partial charge in [0.05, 0.1) is 5.92 Å². The van der Waals surface area contributed by atoms with E-state index in [4.69, 9.17) is 0 Å². The predicted molar refractivity (Wildman–Crippen MR) is 103 cm³/mol. The number of amides is 3. The summed E-state index contributed by atoms with van der Waals surface area (Å²) in [6.45, 7) is 4.33. The number of hydrogen-bond donors (Lipinski definition) is 1. The molecule has 1 unspecified atom stereocenters. The molecular weight excluding hydrogens is 398 g/mol. The van der Waals surface area contributed by atoms with Crippen molar-refractivity contribution in [2.24, 2.45) is 5.92 Å². The normalized spacial score (nSPS) is 19.9. The van der Waals surface area contributed by atoms with Crippen LogP contribution in [0.25, 0.3) is 0 Å². The number of halogens is 1. The minimum absolute atomic E-state index is 0.0417. The number of carbonyl (C=O) groups excluding carboxylic acids is 3. The number of benzene rings is 1. The van der Waals surface area contributed by atoms with Gasteiger partial charge in [-0.15, -0.1) is 0 Å². The molecule has 2 heterocycles. The average Bonchev–Trinajstić information content (AvgIpc) is 3.27. The van der Waals surface area contributed by atoms with Gasteiger partial charge in [0.1, 0.15) is 0 Å². The van der Waals surface area contributed by atoms with E-state index in [9.17, 15) is 14.4 Å². The van der Waals surface area contributed by atoms with Crippen LogP contribution in [0.1, 0.15) is 31.2 Å². The third-order valence-corrected chi connectivity index (χ3v) is 5.94. The molecule has 0 aliphatic carbocycles. The van der Waals surface area contributed by atoms with Crippen molar-refractivity contribution in [2.45, 2.75) is 32.6 Å². The molecule has 0 aromatic heterocycles. The molecule has 1 N–H and O–H groups in total. The maximum atomic E-state index is 12.4. The van der Waals surface area contributed by atoms with Gasteiger partial charge in [-0.2, -0.15) is 0 Å². The highest BCUT2D eigenvalue weighted by molar-refractivity contribution is 9.10. The van der Waals surface area contributed by atoms with Crippen LogP contribution < -0.4 is 10.2 Å². The molecule has 1 atom stereocenters. The molecule has 0 bridgehead atoms. The van der Waals surface area contributed by atoms with Gasteiger partial charge in [0.15, 0.2) is 0 Å². The fourth-order valence-electron chi connectivity index (χ4n) is 3.49. The van der Waals surface area contributed by atoms with E-state index in [1.54, 1.807) is 4.90 Å². The Hall–Kier alpha value is -1.89. The Morgan fingerprint density at radius 1 is 1.27 bits per heavy atom. The Balaban J connectivity index is 1.50. The number of hydrogen-bond acceptors (Lipinski definition) is 3. The second kappa shape index (κ2) is 8.20. The SMILES string of the molecule is Cc1cc(N2CC(C(=O)NCCC(=O)N3CCCC3)CC2=O)ccc1Br. The number of nitrogens with one attached hydrogen (secondary N) is 1. The zero-order chi connectivity index (χ0) is 18.7. The Bertz CT molecular complexity index is 716. The Labute approximate surface area is 162 Å². The highest BCUT2D eigenvalue weighted by atomic mass is 79.9. The molecule has 3 amide bonds. The standard InChI is InChI=1S/C19H24BrN3O3/c1-13-10-15(4-5-16(13)20)23-12-14(11-18(23)25)19(26)21-7-6-17(24)22-8-2-3-9-22/h4-5,10,14H,2-3,6-9,11-12H2,1H3,(H,21,26). The van der Waals surface area contributed by atoms with E-state index in [1.807, 2.05) is 30.0 Å². The number of anilines is 1. The lowest BCUT2D eigenvalue weighted by molar-refractivity contribution is -0.130. The summed E-state index contributed by atoms with van der Waals surface area (Å²) in [7, 11) is 0. The van der Waals surface area contributed by atoms with Crippen molar-refractivity contribution in [2.75, 3.05) is 31.1 Å². The lowest BCUT2D eigenvalue weighted by Gasteiger charge is -2.18. The van der Waals surface area contributed by atoms with Crippen LogP contribution in [0.5, 0.6) is 0 Å². The maximum Gasteiger partial charge on any atom is 0.227 e. The quantitative estimate of drug-likeness (QED) is 0.792. The second-order valence-electron chi connectivity index (χ2n) is 6.97. The van der Waals surface area contributed by atoms with E-state index in [0.717, 1.165) is 41.7 Å². The number of rotatable bonds is 5. The summed E-state index contributed by atoms with van der Waals surface area (Å²) in [5, 5.41) is 2.82. The van der Waals surface area contributed by atoms with Crippen molar-refractivity contribution in [1.82, 2.24) is 10.2 Å². The van der Waals surface area contributed by atoms with Crippen molar-refractivity contribution in [3.63, 3.8) is 0 Å². The molecule has 0 radical (unpaired) electrons. The molecule has 2 aliphatic heterocycles. The Morgan fingerprint density at radius 3 is 2.69 bits per heavy atom. The minimum Gasteiger partial charge on any atom is -0.355 e. The summed E-state index contributed by atoms with van der Waals surface area (Å²) in [4.78, 5) is 40.2. The molecule has 2 aliphatic rings. The molecule has 26 heavy (non-hydrogen) atoms. The van der Waals surface area contributed by atoms with E-state index >= 15 is 0 Å². The first kappa shape index (κ1) is 18.9. The van der Waals surface area contributed by atoms with Crippen LogP contribution in [-0.4, -0.2) is 48.8 Å². The summed E-state index contributed by atoms with van der Waals surface area (Å²) < 4.78 is 0.991. The first-order valence-electron chi connectivity index (χ1n) is 9.07. The molecule has 0 saturated carbocycles. The number of nitrogens with zero attached hydrogens (tertiary/aromatic N) is 2. The molecule has 1 aromatic rings. The van der Waals surface area contributed by atoms with Crippen molar-refractivity contribution in [3.8, 4) is 0 Å². The first-order valence-corrected chi connectivity index (χ1v) is 9.87. The molecule has 7 heteroatoms. The van der Waals surface area contributed by atoms with Crippen molar-refractivity contribution in [1.29, 1.82) is 0 Å². The van der Waals surface area contributed by atoms with Crippen LogP contribution in [0.15, 0.2) is 22.7 Å². The van der Waals surface area contributed by atoms with Crippen LogP contribution >= 0.6 is 15.9 Å². The van der Waals surface area contributed by atoms with Gasteiger partial charge in [0.2, 0.25) is 17.7 Å². The minimum atomic E-state index is -0.367. The number of likely N-dealkylation sites (tertiary alicyclic amines) is 1. The maximum absolute atomic E-state index is 12.4. The zero-order valence-corrected chi connectivity index (χ0v) is 16.5. The summed E-state index contributed by atoms with van der Waals surface area (Å²) in [6, 6.07) is 5.73. The lowest BCUT2D eigenvalue weighted by Crippen LogP contribution is -2.36. The van der Waals surface area contributed by atoms with E-state index in [1.165, 1.54) is 0 Å². The highest BCUT2D eigenvalue weighted by Gasteiger charge is 2.35. The molecular formula is C19H24BrN3O3. The van der Waals surface area contributed by atoms with Crippen molar-refractivity contribution in [3.05, 3.63) is 28.2 Å². The Kier molecular flexibility index (Phi) is 5.96. The summed E-state index contributed by atoms with van der Waals surface area (Å²) >= 11 is 3.45. The summed E-state index contributed by atoms with van der Waals surface area (Å²) in [6.07, 6.45) is 2.66. The van der Waals surface area contributed by atoms with Crippen LogP contribution in [0, 0.1) is 12.8 Å². The van der Waals surface area contributed by atoms with Gasteiger partial charge in [-0.05, 0) is 43.5 Å². The van der Waals surface area contributed by atoms with Crippen LogP contribution in [0.4, 0.5) is 5.69 Å². The first-order chi connectivity index (χ1) is 12.5. The molecule has 3 rings (SSSR count). The second-order valence-corrected chi connectivity index (χ2v) is 7.82. The fraction of sp³-hybridized carbons (Fsp3) is 0.526. The molecule has 6 nitrogen and oxygen atoms in total. The van der Waals surface area contributed by atoms with Gasteiger partial charge < -0.3 is 15.1 Å². The third-order valence-electron chi connectivity index (χ3n) is 5.05. The number of aryl methyl sites for hydroxylation is 1. The highest BCUT2D eigenvalue weighted by Crippen LogP contribution is 2.28. The smallest absolute Gasteiger partial charge is 0.227 e. The van der Waals surface area contributed by atoms with E-state index in [0.29, 0.717) is 19.5 Å². The van der Waals surface area contributed by atoms with Gasteiger partial charge >= 0.3 is 0 Å². The van der Waals surface area contributed by atoms with Gasteiger partial charge in [-0.25, -0.2) is 0 Å². The van der Waals surface area contributed by atoms with E-state index < -0.39 is 0 Å². The van der Waals surface area contributed by atoms with Crippen molar-refractivity contribution >= 4 is 39.3 Å². The molecule has 0 spiro atoms.